The summed E-state index contributed by atoms with van der Waals surface area (Å²) in [6, 6.07) is 4.10. The standard InChI is InChI=1S/C12H16FNO2S/c1-8(7-17-2)14-6-10-5-9(12(15)16)3-4-11(10)13/h3-5,8,14H,6-7H2,1-2H3,(H,15,16). The van der Waals surface area contributed by atoms with Crippen molar-refractivity contribution in [2.75, 3.05) is 12.0 Å². The third-order valence-corrected chi connectivity index (χ3v) is 3.18. The predicted molar refractivity (Wildman–Crippen MR) is 68.0 cm³/mol. The molecule has 1 aromatic rings. The van der Waals surface area contributed by atoms with Gasteiger partial charge in [0.2, 0.25) is 0 Å². The Kier molecular flexibility index (Phi) is 5.44. The van der Waals surface area contributed by atoms with Gasteiger partial charge in [-0.3, -0.25) is 0 Å². The minimum absolute atomic E-state index is 0.112. The summed E-state index contributed by atoms with van der Waals surface area (Å²) in [5, 5.41) is 12.0. The van der Waals surface area contributed by atoms with Gasteiger partial charge in [0.1, 0.15) is 5.82 Å². The van der Waals surface area contributed by atoms with Gasteiger partial charge < -0.3 is 10.4 Å². The molecule has 1 unspecified atom stereocenters. The second-order valence-corrected chi connectivity index (χ2v) is 4.76. The number of benzene rings is 1. The van der Waals surface area contributed by atoms with Crippen LogP contribution in [0.15, 0.2) is 18.2 Å². The number of nitrogens with one attached hydrogen (secondary N) is 1. The summed E-state index contributed by atoms with van der Waals surface area (Å²) in [7, 11) is 0. The number of carboxylic acids is 1. The molecule has 1 rings (SSSR count). The molecule has 3 nitrogen and oxygen atoms in total. The van der Waals surface area contributed by atoms with Crippen LogP contribution in [0.3, 0.4) is 0 Å². The Morgan fingerprint density at radius 3 is 2.88 bits per heavy atom. The van der Waals surface area contributed by atoms with Gasteiger partial charge in [-0.2, -0.15) is 11.8 Å². The molecule has 0 heterocycles. The lowest BCUT2D eigenvalue weighted by atomic mass is 10.1. The Hall–Kier alpha value is -1.07. The van der Waals surface area contributed by atoms with Crippen molar-refractivity contribution in [3.05, 3.63) is 35.1 Å². The van der Waals surface area contributed by atoms with Crippen LogP contribution in [0.1, 0.15) is 22.8 Å². The Labute approximate surface area is 104 Å². The van der Waals surface area contributed by atoms with Crippen molar-refractivity contribution < 1.29 is 14.3 Å². The molecule has 0 amide bonds. The van der Waals surface area contributed by atoms with Crippen molar-refractivity contribution in [2.24, 2.45) is 0 Å². The molecule has 0 aliphatic carbocycles. The Balaban J connectivity index is 2.69. The maximum atomic E-state index is 13.4. The van der Waals surface area contributed by atoms with Crippen molar-refractivity contribution in [3.8, 4) is 0 Å². The summed E-state index contributed by atoms with van der Waals surface area (Å²) in [6.45, 7) is 2.35. The summed E-state index contributed by atoms with van der Waals surface area (Å²) in [5.74, 6) is -0.484. The van der Waals surface area contributed by atoms with E-state index in [1.165, 1.54) is 18.2 Å². The lowest BCUT2D eigenvalue weighted by molar-refractivity contribution is 0.0696. The number of halogens is 1. The average Bonchev–Trinajstić information content (AvgIpc) is 2.28. The SMILES string of the molecule is CSCC(C)NCc1cc(C(=O)O)ccc1F. The van der Waals surface area contributed by atoms with Crippen molar-refractivity contribution in [1.82, 2.24) is 5.32 Å². The maximum absolute atomic E-state index is 13.4. The fourth-order valence-corrected chi connectivity index (χ4v) is 2.05. The molecule has 94 valence electrons. The van der Waals surface area contributed by atoms with Crippen LogP contribution in [0.25, 0.3) is 0 Å². The van der Waals surface area contributed by atoms with Crippen LogP contribution in [0.2, 0.25) is 0 Å². The van der Waals surface area contributed by atoms with Crippen LogP contribution in [0.4, 0.5) is 4.39 Å². The van der Waals surface area contributed by atoms with E-state index in [1.54, 1.807) is 11.8 Å². The molecule has 0 saturated heterocycles. The van der Waals surface area contributed by atoms with E-state index in [4.69, 9.17) is 5.11 Å². The first-order valence-corrected chi connectivity index (χ1v) is 6.68. The first kappa shape index (κ1) is 14.0. The van der Waals surface area contributed by atoms with E-state index in [-0.39, 0.29) is 17.4 Å². The molecule has 1 aromatic carbocycles. The van der Waals surface area contributed by atoms with E-state index in [1.807, 2.05) is 13.2 Å². The highest BCUT2D eigenvalue weighted by Crippen LogP contribution is 2.11. The molecular formula is C12H16FNO2S. The summed E-state index contributed by atoms with van der Waals surface area (Å²) in [6.07, 6.45) is 2.00. The molecule has 0 bridgehead atoms. The highest BCUT2D eigenvalue weighted by Gasteiger charge is 2.09. The minimum atomic E-state index is -1.04. The van der Waals surface area contributed by atoms with Crippen LogP contribution in [0.5, 0.6) is 0 Å². The van der Waals surface area contributed by atoms with Crippen LogP contribution in [0, 0.1) is 5.82 Å². The zero-order valence-corrected chi connectivity index (χ0v) is 10.7. The molecule has 0 radical (unpaired) electrons. The van der Waals surface area contributed by atoms with E-state index < -0.39 is 5.97 Å². The third kappa shape index (κ3) is 4.36. The van der Waals surface area contributed by atoms with Crippen molar-refractivity contribution in [2.45, 2.75) is 19.5 Å². The summed E-state index contributed by atoms with van der Waals surface area (Å²) in [5.41, 5.74) is 0.499. The Bertz CT molecular complexity index is 398. The Morgan fingerprint density at radius 2 is 2.29 bits per heavy atom. The fourth-order valence-electron chi connectivity index (χ4n) is 1.44. The monoisotopic (exact) mass is 257 g/mol. The summed E-state index contributed by atoms with van der Waals surface area (Å²) < 4.78 is 13.4. The smallest absolute Gasteiger partial charge is 0.335 e. The third-order valence-electron chi connectivity index (χ3n) is 2.35. The normalized spacial score (nSPS) is 12.4. The van der Waals surface area contributed by atoms with E-state index in [0.717, 1.165) is 5.75 Å². The van der Waals surface area contributed by atoms with E-state index in [9.17, 15) is 9.18 Å². The maximum Gasteiger partial charge on any atom is 0.335 e. The topological polar surface area (TPSA) is 49.3 Å². The minimum Gasteiger partial charge on any atom is -0.478 e. The quantitative estimate of drug-likeness (QED) is 0.821. The summed E-state index contributed by atoms with van der Waals surface area (Å²) >= 11 is 1.71. The lowest BCUT2D eigenvalue weighted by Crippen LogP contribution is -2.28. The number of thioether (sulfide) groups is 1. The predicted octanol–water partition coefficient (Wildman–Crippen LogP) is 2.37. The first-order chi connectivity index (χ1) is 8.04. The fraction of sp³-hybridized carbons (Fsp3) is 0.417. The van der Waals surface area contributed by atoms with Crippen LogP contribution in [-0.4, -0.2) is 29.1 Å². The lowest BCUT2D eigenvalue weighted by Gasteiger charge is -2.13. The van der Waals surface area contributed by atoms with E-state index in [2.05, 4.69) is 5.32 Å². The van der Waals surface area contributed by atoms with Gasteiger partial charge in [0.25, 0.3) is 0 Å². The Morgan fingerprint density at radius 1 is 1.59 bits per heavy atom. The molecule has 0 aliphatic heterocycles. The van der Waals surface area contributed by atoms with Crippen LogP contribution in [-0.2, 0) is 6.54 Å². The molecule has 17 heavy (non-hydrogen) atoms. The highest BCUT2D eigenvalue weighted by atomic mass is 32.2. The molecule has 0 fully saturated rings. The van der Waals surface area contributed by atoms with Gasteiger partial charge in [0.05, 0.1) is 5.56 Å². The van der Waals surface area contributed by atoms with Gasteiger partial charge in [0.15, 0.2) is 0 Å². The van der Waals surface area contributed by atoms with Crippen molar-refractivity contribution in [3.63, 3.8) is 0 Å². The number of hydrogen-bond donors (Lipinski definition) is 2. The van der Waals surface area contributed by atoms with Gasteiger partial charge >= 0.3 is 5.97 Å². The van der Waals surface area contributed by atoms with Gasteiger partial charge in [-0.1, -0.05) is 0 Å². The number of carboxylic acid groups (broad SMARTS) is 1. The molecule has 0 aromatic heterocycles. The molecule has 0 spiro atoms. The zero-order valence-electron chi connectivity index (χ0n) is 9.87. The van der Waals surface area contributed by atoms with Gasteiger partial charge in [-0.25, -0.2) is 9.18 Å². The van der Waals surface area contributed by atoms with Crippen LogP contribution >= 0.6 is 11.8 Å². The highest BCUT2D eigenvalue weighted by molar-refractivity contribution is 7.98. The molecule has 5 heteroatoms. The molecule has 2 N–H and O–H groups in total. The first-order valence-electron chi connectivity index (χ1n) is 5.28. The molecular weight excluding hydrogens is 241 g/mol. The zero-order chi connectivity index (χ0) is 12.8. The van der Waals surface area contributed by atoms with Gasteiger partial charge in [-0.15, -0.1) is 0 Å². The summed E-state index contributed by atoms with van der Waals surface area (Å²) in [4.78, 5) is 10.8. The van der Waals surface area contributed by atoms with E-state index >= 15 is 0 Å². The van der Waals surface area contributed by atoms with Gasteiger partial charge in [0, 0.05) is 23.9 Å². The van der Waals surface area contributed by atoms with E-state index in [0.29, 0.717) is 12.1 Å². The van der Waals surface area contributed by atoms with Crippen LogP contribution < -0.4 is 5.32 Å². The average molecular weight is 257 g/mol. The van der Waals surface area contributed by atoms with Crippen molar-refractivity contribution in [1.29, 1.82) is 0 Å². The number of carbonyl (C=O) groups is 1. The van der Waals surface area contributed by atoms with Gasteiger partial charge in [-0.05, 0) is 31.4 Å². The largest absolute Gasteiger partial charge is 0.478 e. The molecule has 1 atom stereocenters. The number of rotatable bonds is 6. The molecule has 0 aliphatic rings. The second kappa shape index (κ2) is 6.61. The molecule has 0 saturated carbocycles. The number of hydrogen-bond acceptors (Lipinski definition) is 3. The second-order valence-electron chi connectivity index (χ2n) is 3.85. The van der Waals surface area contributed by atoms with Crippen molar-refractivity contribution >= 4 is 17.7 Å². The number of aromatic carboxylic acids is 1.